The molecule has 0 fully saturated rings. The smallest absolute Gasteiger partial charge is 0.260 e. The molecule has 0 bridgehead atoms. The van der Waals surface area contributed by atoms with Crippen molar-refractivity contribution < 1.29 is 17.5 Å². The minimum atomic E-state index is -2.48. The highest BCUT2D eigenvalue weighted by atomic mass is 127. The van der Waals surface area contributed by atoms with Crippen LogP contribution < -0.4 is 10.0 Å². The van der Waals surface area contributed by atoms with E-state index < -0.39 is 23.0 Å². The second-order valence-corrected chi connectivity index (χ2v) is 6.28. The Morgan fingerprint density at radius 2 is 2.09 bits per heavy atom. The predicted octanol–water partition coefficient (Wildman–Crippen LogP) is 2.90. The van der Waals surface area contributed by atoms with Crippen molar-refractivity contribution in [2.75, 3.05) is 10.0 Å². The van der Waals surface area contributed by atoms with E-state index in [2.05, 4.69) is 20.1 Å². The van der Waals surface area contributed by atoms with E-state index in [0.29, 0.717) is 3.57 Å². The van der Waals surface area contributed by atoms with Crippen molar-refractivity contribution in [3.05, 3.63) is 45.8 Å². The molecule has 0 spiro atoms. The minimum Gasteiger partial charge on any atom is -0.346 e. The molecule has 2 heterocycles. The molecule has 0 aliphatic rings. The summed E-state index contributed by atoms with van der Waals surface area (Å²) in [5.41, 5.74) is -0.183. The van der Waals surface area contributed by atoms with Crippen LogP contribution in [0.4, 0.5) is 26.0 Å². The Bertz CT molecular complexity index is 920. The number of benzene rings is 1. The van der Waals surface area contributed by atoms with E-state index in [1.54, 1.807) is 6.07 Å². The van der Waals surface area contributed by atoms with Crippen molar-refractivity contribution in [2.24, 2.45) is 0 Å². The van der Waals surface area contributed by atoms with Gasteiger partial charge in [-0.15, -0.1) is 0 Å². The summed E-state index contributed by atoms with van der Waals surface area (Å²) in [6, 6.07) is 5.73. The lowest BCUT2D eigenvalue weighted by Gasteiger charge is -2.13. The number of aromatic nitrogens is 3. The lowest BCUT2D eigenvalue weighted by atomic mass is 10.3. The Kier molecular flexibility index (Phi) is 4.41. The van der Waals surface area contributed by atoms with Crippen LogP contribution in [0.3, 0.4) is 0 Å². The van der Waals surface area contributed by atoms with Gasteiger partial charge in [-0.1, -0.05) is 0 Å². The fourth-order valence-corrected chi connectivity index (χ4v) is 2.67. The number of hydrogen-bond donors (Lipinski definition) is 3. The average molecular weight is 451 g/mol. The van der Waals surface area contributed by atoms with Crippen LogP contribution in [0.5, 0.6) is 0 Å². The maximum absolute atomic E-state index is 14.6. The molecule has 1 aromatic carbocycles. The van der Waals surface area contributed by atoms with Gasteiger partial charge in [-0.2, -0.15) is 14.0 Å². The van der Waals surface area contributed by atoms with Crippen LogP contribution in [0, 0.1) is 15.3 Å². The largest absolute Gasteiger partial charge is 0.346 e. The topological polar surface area (TPSA) is 91.5 Å². The first-order valence-electron chi connectivity index (χ1n) is 6.08. The number of nitrogens with zero attached hydrogens (tertiary/aromatic N) is 3. The summed E-state index contributed by atoms with van der Waals surface area (Å²) in [4.78, 5) is 3.99. The molecular formula is C12H8F2IN5O2S. The van der Waals surface area contributed by atoms with Crippen LogP contribution >= 0.6 is 22.6 Å². The standard InChI is InChI=1S/C12H8F2IN5O2S/c13-7-5-6(15)1-2-8(7)17-10-11(14)20-9(3-4-16-20)18-12(10)19-23(21)22/h1-5,17H,(H,18,19)(H,21,22). The SMILES string of the molecule is O=S(O)Nc1nc2ccnn2c(F)c1Nc1ccc(I)cc1F. The van der Waals surface area contributed by atoms with Crippen molar-refractivity contribution in [1.29, 1.82) is 0 Å². The highest BCUT2D eigenvalue weighted by Gasteiger charge is 2.18. The maximum atomic E-state index is 14.6. The Hall–Kier alpha value is -1.86. The molecule has 3 rings (SSSR count). The monoisotopic (exact) mass is 451 g/mol. The number of anilines is 3. The lowest BCUT2D eigenvalue weighted by molar-refractivity contribution is 0.546. The van der Waals surface area contributed by atoms with Gasteiger partial charge in [0.2, 0.25) is 5.95 Å². The van der Waals surface area contributed by atoms with Gasteiger partial charge in [0.05, 0.1) is 11.9 Å². The summed E-state index contributed by atoms with van der Waals surface area (Å²) in [5, 5.41) is 6.29. The van der Waals surface area contributed by atoms with Gasteiger partial charge in [0, 0.05) is 9.64 Å². The molecule has 0 saturated carbocycles. The van der Waals surface area contributed by atoms with E-state index in [1.165, 1.54) is 24.4 Å². The third-order valence-corrected chi connectivity index (χ3v) is 3.89. The van der Waals surface area contributed by atoms with Gasteiger partial charge in [0.15, 0.2) is 11.5 Å². The number of hydrogen-bond acceptors (Lipinski definition) is 4. The maximum Gasteiger partial charge on any atom is 0.260 e. The molecule has 0 radical (unpaired) electrons. The van der Waals surface area contributed by atoms with Gasteiger partial charge in [-0.25, -0.2) is 13.6 Å². The summed E-state index contributed by atoms with van der Waals surface area (Å²) in [5.74, 6) is -1.73. The summed E-state index contributed by atoms with van der Waals surface area (Å²) in [6.07, 6.45) is 1.32. The van der Waals surface area contributed by atoms with Crippen molar-refractivity contribution in [2.45, 2.75) is 0 Å². The molecule has 1 atom stereocenters. The first-order chi connectivity index (χ1) is 11.0. The quantitative estimate of drug-likeness (QED) is 0.323. The molecule has 0 aliphatic carbocycles. The Labute approximate surface area is 144 Å². The summed E-state index contributed by atoms with van der Waals surface area (Å²) < 4.78 is 52.1. The molecule has 120 valence electrons. The van der Waals surface area contributed by atoms with Crippen LogP contribution in [0.15, 0.2) is 30.5 Å². The highest BCUT2D eigenvalue weighted by molar-refractivity contribution is 14.1. The minimum absolute atomic E-state index is 0.00982. The Morgan fingerprint density at radius 3 is 2.78 bits per heavy atom. The van der Waals surface area contributed by atoms with Crippen molar-refractivity contribution in [3.8, 4) is 0 Å². The van der Waals surface area contributed by atoms with E-state index in [4.69, 9.17) is 4.55 Å². The summed E-state index contributed by atoms with van der Waals surface area (Å²) in [7, 11) is 0. The van der Waals surface area contributed by atoms with E-state index >= 15 is 0 Å². The molecule has 3 aromatic rings. The zero-order valence-electron chi connectivity index (χ0n) is 11.1. The molecule has 23 heavy (non-hydrogen) atoms. The van der Waals surface area contributed by atoms with Gasteiger partial charge in [0.1, 0.15) is 11.5 Å². The number of nitrogens with one attached hydrogen (secondary N) is 2. The number of fused-ring (bicyclic) bond motifs is 1. The van der Waals surface area contributed by atoms with E-state index in [1.807, 2.05) is 22.6 Å². The molecule has 0 amide bonds. The fourth-order valence-electron chi connectivity index (χ4n) is 1.90. The van der Waals surface area contributed by atoms with Crippen LogP contribution in [-0.2, 0) is 11.3 Å². The normalized spacial score (nSPS) is 12.3. The molecule has 7 nitrogen and oxygen atoms in total. The lowest BCUT2D eigenvalue weighted by Crippen LogP contribution is -2.12. The highest BCUT2D eigenvalue weighted by Crippen LogP contribution is 2.29. The molecule has 2 aromatic heterocycles. The third kappa shape index (κ3) is 3.25. The van der Waals surface area contributed by atoms with Crippen LogP contribution in [-0.4, -0.2) is 23.4 Å². The van der Waals surface area contributed by atoms with Crippen molar-refractivity contribution in [3.63, 3.8) is 0 Å². The van der Waals surface area contributed by atoms with Gasteiger partial charge in [-0.3, -0.25) is 9.27 Å². The van der Waals surface area contributed by atoms with E-state index in [9.17, 15) is 13.0 Å². The summed E-state index contributed by atoms with van der Waals surface area (Å²) in [6.45, 7) is 0. The molecule has 0 saturated heterocycles. The fraction of sp³-hybridized carbons (Fsp3) is 0. The molecule has 3 N–H and O–H groups in total. The predicted molar refractivity (Wildman–Crippen MR) is 89.7 cm³/mol. The molecular weight excluding hydrogens is 443 g/mol. The summed E-state index contributed by atoms with van der Waals surface area (Å²) >= 11 is -0.537. The molecule has 0 aliphatic heterocycles. The second kappa shape index (κ2) is 6.33. The Morgan fingerprint density at radius 1 is 1.30 bits per heavy atom. The van der Waals surface area contributed by atoms with Crippen LogP contribution in [0.25, 0.3) is 5.65 Å². The van der Waals surface area contributed by atoms with Crippen LogP contribution in [0.2, 0.25) is 0 Å². The molecule has 1 unspecified atom stereocenters. The van der Waals surface area contributed by atoms with E-state index in [0.717, 1.165) is 4.52 Å². The molecule has 11 heteroatoms. The van der Waals surface area contributed by atoms with E-state index in [-0.39, 0.29) is 22.8 Å². The number of rotatable bonds is 4. The first kappa shape index (κ1) is 16.0. The Balaban J connectivity index is 2.13. The van der Waals surface area contributed by atoms with Crippen LogP contribution in [0.1, 0.15) is 0 Å². The second-order valence-electron chi connectivity index (χ2n) is 4.33. The van der Waals surface area contributed by atoms with Gasteiger partial charge in [0.25, 0.3) is 11.3 Å². The third-order valence-electron chi connectivity index (χ3n) is 2.85. The first-order valence-corrected chi connectivity index (χ1v) is 8.27. The zero-order valence-corrected chi connectivity index (χ0v) is 14.1. The van der Waals surface area contributed by atoms with Gasteiger partial charge >= 0.3 is 0 Å². The number of halogens is 3. The van der Waals surface area contributed by atoms with Gasteiger partial charge in [-0.05, 0) is 40.8 Å². The van der Waals surface area contributed by atoms with Gasteiger partial charge < -0.3 is 5.32 Å². The van der Waals surface area contributed by atoms with Crippen molar-refractivity contribution in [1.82, 2.24) is 14.6 Å². The van der Waals surface area contributed by atoms with Crippen molar-refractivity contribution >= 4 is 56.7 Å². The average Bonchev–Trinajstić information content (AvgIpc) is 2.93. The zero-order chi connectivity index (χ0) is 16.6.